The normalized spacial score (nSPS) is 15.1. The summed E-state index contributed by atoms with van der Waals surface area (Å²) in [5.41, 5.74) is 1.76. The Balaban J connectivity index is 1.87. The second-order valence-corrected chi connectivity index (χ2v) is 9.85. The number of carbonyl (C=O) groups is 1. The van der Waals surface area contributed by atoms with E-state index in [1.807, 2.05) is 6.92 Å². The third kappa shape index (κ3) is 5.48. The summed E-state index contributed by atoms with van der Waals surface area (Å²) in [6.45, 7) is 3.26. The second-order valence-electron chi connectivity index (χ2n) is 7.96. The van der Waals surface area contributed by atoms with Gasteiger partial charge in [-0.1, -0.05) is 43.0 Å². The average Bonchev–Trinajstić information content (AvgIpc) is 2.74. The summed E-state index contributed by atoms with van der Waals surface area (Å²) in [5.74, 6) is -0.523. The Labute approximate surface area is 182 Å². The number of nitro groups is 1. The predicted molar refractivity (Wildman–Crippen MR) is 118 cm³/mol. The number of hydrogen-bond acceptors (Lipinski definition) is 5. The van der Waals surface area contributed by atoms with Gasteiger partial charge in [-0.2, -0.15) is 4.31 Å². The number of benzene rings is 2. The second kappa shape index (κ2) is 9.57. The van der Waals surface area contributed by atoms with Crippen molar-refractivity contribution in [3.05, 3.63) is 63.7 Å². The zero-order valence-electron chi connectivity index (χ0n) is 17.7. The van der Waals surface area contributed by atoms with E-state index in [0.717, 1.165) is 24.8 Å². The van der Waals surface area contributed by atoms with Crippen molar-refractivity contribution in [1.29, 1.82) is 0 Å². The predicted octanol–water partition coefficient (Wildman–Crippen LogP) is 4.17. The van der Waals surface area contributed by atoms with Crippen LogP contribution in [0.5, 0.6) is 0 Å². The Kier molecular flexibility index (Phi) is 7.07. The highest BCUT2D eigenvalue weighted by Crippen LogP contribution is 2.28. The molecule has 8 nitrogen and oxygen atoms in total. The molecule has 166 valence electrons. The molecule has 0 aromatic heterocycles. The van der Waals surface area contributed by atoms with Crippen molar-refractivity contribution in [2.24, 2.45) is 0 Å². The topological polar surface area (TPSA) is 110 Å². The molecule has 31 heavy (non-hydrogen) atoms. The molecule has 0 spiro atoms. The maximum atomic E-state index is 13.4. The molecular formula is C22H27N3O5S. The summed E-state index contributed by atoms with van der Waals surface area (Å²) in [7, 11) is -3.87. The van der Waals surface area contributed by atoms with Gasteiger partial charge in [-0.15, -0.1) is 0 Å². The molecule has 0 unspecified atom stereocenters. The molecule has 0 saturated heterocycles. The van der Waals surface area contributed by atoms with Crippen molar-refractivity contribution in [2.75, 3.05) is 11.9 Å². The molecule has 1 aliphatic carbocycles. The average molecular weight is 446 g/mol. The van der Waals surface area contributed by atoms with Crippen LogP contribution in [0.1, 0.15) is 43.2 Å². The van der Waals surface area contributed by atoms with Gasteiger partial charge in [-0.3, -0.25) is 14.9 Å². The van der Waals surface area contributed by atoms with Gasteiger partial charge >= 0.3 is 0 Å². The SMILES string of the molecule is Cc1ccc(S(=O)(=O)N(CC(=O)Nc2cc([N+](=O)[O-])ccc2C)C2CCCCC2)cc1. The van der Waals surface area contributed by atoms with Crippen molar-refractivity contribution in [3.63, 3.8) is 0 Å². The van der Waals surface area contributed by atoms with Crippen molar-refractivity contribution < 1.29 is 18.1 Å². The quantitative estimate of drug-likeness (QED) is 0.508. The van der Waals surface area contributed by atoms with Gasteiger partial charge in [-0.05, 0) is 44.4 Å². The summed E-state index contributed by atoms with van der Waals surface area (Å²) >= 11 is 0. The lowest BCUT2D eigenvalue weighted by atomic mass is 9.95. The highest BCUT2D eigenvalue weighted by atomic mass is 32.2. The van der Waals surface area contributed by atoms with E-state index in [0.29, 0.717) is 24.1 Å². The minimum absolute atomic E-state index is 0.141. The molecule has 0 aliphatic heterocycles. The van der Waals surface area contributed by atoms with E-state index in [9.17, 15) is 23.3 Å². The standard InChI is InChI=1S/C22H27N3O5S/c1-16-8-12-20(13-9-16)31(29,30)24(18-6-4-3-5-7-18)15-22(26)23-21-14-19(25(27)28)11-10-17(21)2/h8-14,18H,3-7,15H2,1-2H3,(H,23,26). The number of anilines is 1. The number of nitrogens with zero attached hydrogens (tertiary/aromatic N) is 2. The van der Waals surface area contributed by atoms with Crippen LogP contribution in [0.25, 0.3) is 0 Å². The van der Waals surface area contributed by atoms with E-state index >= 15 is 0 Å². The van der Waals surface area contributed by atoms with Crippen LogP contribution >= 0.6 is 0 Å². The number of carbonyl (C=O) groups excluding carboxylic acids is 1. The minimum Gasteiger partial charge on any atom is -0.324 e. The van der Waals surface area contributed by atoms with Gasteiger partial charge < -0.3 is 5.32 Å². The molecule has 1 saturated carbocycles. The van der Waals surface area contributed by atoms with Crippen LogP contribution in [-0.4, -0.2) is 36.1 Å². The fourth-order valence-corrected chi connectivity index (χ4v) is 5.46. The fourth-order valence-electron chi connectivity index (χ4n) is 3.81. The van der Waals surface area contributed by atoms with E-state index in [1.165, 1.54) is 16.4 Å². The first kappa shape index (κ1) is 22.9. The number of hydrogen-bond donors (Lipinski definition) is 1. The number of amides is 1. The van der Waals surface area contributed by atoms with Gasteiger partial charge in [0, 0.05) is 18.2 Å². The zero-order valence-corrected chi connectivity index (χ0v) is 18.5. The Bertz CT molecular complexity index is 1060. The first-order chi connectivity index (χ1) is 14.7. The highest BCUT2D eigenvalue weighted by Gasteiger charge is 2.34. The number of rotatable bonds is 7. The first-order valence-electron chi connectivity index (χ1n) is 10.3. The number of non-ortho nitro benzene ring substituents is 1. The van der Waals surface area contributed by atoms with Crippen molar-refractivity contribution in [3.8, 4) is 0 Å². The van der Waals surface area contributed by atoms with Crippen LogP contribution in [0.2, 0.25) is 0 Å². The Morgan fingerprint density at radius 2 is 1.74 bits per heavy atom. The Morgan fingerprint density at radius 3 is 2.35 bits per heavy atom. The van der Waals surface area contributed by atoms with Gasteiger partial charge in [-0.25, -0.2) is 8.42 Å². The van der Waals surface area contributed by atoms with Gasteiger partial charge in [0.15, 0.2) is 0 Å². The van der Waals surface area contributed by atoms with E-state index in [1.54, 1.807) is 37.3 Å². The zero-order chi connectivity index (χ0) is 22.6. The third-order valence-electron chi connectivity index (χ3n) is 5.62. The van der Waals surface area contributed by atoms with E-state index in [2.05, 4.69) is 5.32 Å². The van der Waals surface area contributed by atoms with Gasteiger partial charge in [0.1, 0.15) is 0 Å². The molecule has 2 aromatic rings. The summed E-state index contributed by atoms with van der Waals surface area (Å²) in [6.07, 6.45) is 4.28. The molecule has 1 N–H and O–H groups in total. The summed E-state index contributed by atoms with van der Waals surface area (Å²) in [4.78, 5) is 23.5. The van der Waals surface area contributed by atoms with Crippen LogP contribution in [-0.2, 0) is 14.8 Å². The molecule has 1 aliphatic rings. The molecule has 3 rings (SSSR count). The molecule has 1 amide bonds. The molecule has 0 bridgehead atoms. The molecule has 1 fully saturated rings. The molecule has 2 aromatic carbocycles. The maximum absolute atomic E-state index is 13.4. The number of nitrogens with one attached hydrogen (secondary N) is 1. The summed E-state index contributed by atoms with van der Waals surface area (Å²) in [5, 5.41) is 13.7. The monoisotopic (exact) mass is 445 g/mol. The maximum Gasteiger partial charge on any atom is 0.271 e. The molecule has 0 radical (unpaired) electrons. The lowest BCUT2D eigenvalue weighted by Gasteiger charge is -2.33. The van der Waals surface area contributed by atoms with Gasteiger partial charge in [0.25, 0.3) is 5.69 Å². The van der Waals surface area contributed by atoms with Crippen LogP contribution in [0.3, 0.4) is 0 Å². The van der Waals surface area contributed by atoms with E-state index < -0.39 is 20.9 Å². The number of nitro benzene ring substituents is 1. The molecule has 0 atom stereocenters. The fraction of sp³-hybridized carbons (Fsp3) is 0.409. The minimum atomic E-state index is -3.87. The lowest BCUT2D eigenvalue weighted by molar-refractivity contribution is -0.384. The molecule has 0 heterocycles. The Morgan fingerprint density at radius 1 is 1.10 bits per heavy atom. The number of aryl methyl sites for hydroxylation is 2. The first-order valence-corrected chi connectivity index (χ1v) is 11.8. The third-order valence-corrected chi connectivity index (χ3v) is 7.53. The number of sulfonamides is 1. The van der Waals surface area contributed by atoms with E-state index in [-0.39, 0.29) is 23.2 Å². The van der Waals surface area contributed by atoms with E-state index in [4.69, 9.17) is 0 Å². The lowest BCUT2D eigenvalue weighted by Crippen LogP contribution is -2.45. The summed E-state index contributed by atoms with van der Waals surface area (Å²) in [6, 6.07) is 10.5. The smallest absolute Gasteiger partial charge is 0.271 e. The van der Waals surface area contributed by atoms with Crippen molar-refractivity contribution in [1.82, 2.24) is 4.31 Å². The molecular weight excluding hydrogens is 418 g/mol. The van der Waals surface area contributed by atoms with Gasteiger partial charge in [0.2, 0.25) is 15.9 Å². The van der Waals surface area contributed by atoms with Crippen LogP contribution in [0, 0.1) is 24.0 Å². The molecule has 9 heteroatoms. The van der Waals surface area contributed by atoms with Crippen LogP contribution in [0.15, 0.2) is 47.4 Å². The van der Waals surface area contributed by atoms with Crippen LogP contribution in [0.4, 0.5) is 11.4 Å². The summed E-state index contributed by atoms with van der Waals surface area (Å²) < 4.78 is 28.1. The van der Waals surface area contributed by atoms with Crippen molar-refractivity contribution >= 4 is 27.3 Å². The van der Waals surface area contributed by atoms with Crippen molar-refractivity contribution in [2.45, 2.75) is 56.9 Å². The largest absolute Gasteiger partial charge is 0.324 e. The Hall–Kier alpha value is -2.78. The van der Waals surface area contributed by atoms with Crippen LogP contribution < -0.4 is 5.32 Å². The highest BCUT2D eigenvalue weighted by molar-refractivity contribution is 7.89. The van der Waals surface area contributed by atoms with Gasteiger partial charge in [0.05, 0.1) is 22.1 Å².